The van der Waals surface area contributed by atoms with Gasteiger partial charge in [-0.25, -0.2) is 0 Å². The zero-order valence-corrected chi connectivity index (χ0v) is 49.5. The Morgan fingerprint density at radius 2 is 0.566 bits per heavy atom. The number of carbonyl (C=O) groups is 3. The smallest absolute Gasteiger partial charge is 0.309 e. The molecule has 0 amide bonds. The molecule has 0 radical (unpaired) electrons. The predicted molar refractivity (Wildman–Crippen MR) is 330 cm³/mol. The lowest BCUT2D eigenvalue weighted by atomic mass is 10.0. The summed E-state index contributed by atoms with van der Waals surface area (Å²) in [6, 6.07) is 0. The molecule has 432 valence electrons. The molecule has 1 atom stereocenters. The van der Waals surface area contributed by atoms with Crippen LogP contribution in [0.1, 0.15) is 284 Å². The number of esters is 3. The molecule has 6 heteroatoms. The Bertz CT molecular complexity index is 1590. The van der Waals surface area contributed by atoms with Crippen molar-refractivity contribution >= 4 is 17.9 Å². The summed E-state index contributed by atoms with van der Waals surface area (Å²) in [5, 5.41) is 0. The second-order valence-electron chi connectivity index (χ2n) is 20.6. The second-order valence-corrected chi connectivity index (χ2v) is 20.6. The van der Waals surface area contributed by atoms with Crippen molar-refractivity contribution in [1.82, 2.24) is 0 Å². The third kappa shape index (κ3) is 60.7. The summed E-state index contributed by atoms with van der Waals surface area (Å²) in [5.41, 5.74) is 0. The molecule has 0 aromatic heterocycles. The predicted octanol–water partition coefficient (Wildman–Crippen LogP) is 21.6. The van der Waals surface area contributed by atoms with Gasteiger partial charge in [0, 0.05) is 12.8 Å². The Labute approximate surface area is 469 Å². The van der Waals surface area contributed by atoms with E-state index < -0.39 is 12.1 Å². The highest BCUT2D eigenvalue weighted by Gasteiger charge is 2.19. The van der Waals surface area contributed by atoms with Crippen molar-refractivity contribution in [3.8, 4) is 0 Å². The van der Waals surface area contributed by atoms with Crippen LogP contribution in [0.4, 0.5) is 0 Å². The van der Waals surface area contributed by atoms with E-state index in [-0.39, 0.29) is 38.0 Å². The second kappa shape index (κ2) is 63.3. The number of rotatable bonds is 56. The fourth-order valence-corrected chi connectivity index (χ4v) is 8.49. The van der Waals surface area contributed by atoms with E-state index in [9.17, 15) is 14.4 Å². The van der Waals surface area contributed by atoms with Crippen LogP contribution in [0.25, 0.3) is 0 Å². The van der Waals surface area contributed by atoms with E-state index in [2.05, 4.69) is 130 Å². The van der Waals surface area contributed by atoms with E-state index in [1.54, 1.807) is 6.08 Å². The topological polar surface area (TPSA) is 78.9 Å². The molecule has 0 rings (SSSR count). The van der Waals surface area contributed by atoms with Gasteiger partial charge in [-0.15, -0.1) is 0 Å². The highest BCUT2D eigenvalue weighted by Crippen LogP contribution is 2.15. The first-order chi connectivity index (χ1) is 37.5. The van der Waals surface area contributed by atoms with Gasteiger partial charge in [0.25, 0.3) is 0 Å². The first-order valence-electron chi connectivity index (χ1n) is 31.5. The van der Waals surface area contributed by atoms with Gasteiger partial charge in [0.1, 0.15) is 13.2 Å². The summed E-state index contributed by atoms with van der Waals surface area (Å²) in [7, 11) is 0. The average Bonchev–Trinajstić information content (AvgIpc) is 3.42. The summed E-state index contributed by atoms with van der Waals surface area (Å²) >= 11 is 0. The molecule has 0 aliphatic carbocycles. The van der Waals surface area contributed by atoms with Gasteiger partial charge in [0.05, 0.1) is 6.42 Å². The molecule has 6 nitrogen and oxygen atoms in total. The van der Waals surface area contributed by atoms with Crippen molar-refractivity contribution in [2.45, 2.75) is 290 Å². The molecule has 0 saturated carbocycles. The van der Waals surface area contributed by atoms with Gasteiger partial charge >= 0.3 is 17.9 Å². The Hall–Kier alpha value is -4.19. The highest BCUT2D eigenvalue weighted by molar-refractivity contribution is 5.72. The lowest BCUT2D eigenvalue weighted by Crippen LogP contribution is -2.30. The van der Waals surface area contributed by atoms with E-state index in [4.69, 9.17) is 14.2 Å². The molecule has 0 aliphatic heterocycles. The van der Waals surface area contributed by atoms with Crippen LogP contribution in [0.3, 0.4) is 0 Å². The number of carbonyl (C=O) groups excluding carboxylic acids is 3. The molecule has 0 saturated heterocycles. The lowest BCUT2D eigenvalue weighted by Gasteiger charge is -2.18. The van der Waals surface area contributed by atoms with E-state index in [0.717, 1.165) is 109 Å². The fourth-order valence-electron chi connectivity index (χ4n) is 8.49. The molecule has 0 aliphatic rings. The molecule has 0 aromatic carbocycles. The average molecular weight is 1050 g/mol. The van der Waals surface area contributed by atoms with Crippen molar-refractivity contribution in [3.63, 3.8) is 0 Å². The number of unbranched alkanes of at least 4 members (excludes halogenated alkanes) is 26. The van der Waals surface area contributed by atoms with Gasteiger partial charge < -0.3 is 14.2 Å². The Balaban J connectivity index is 4.39. The van der Waals surface area contributed by atoms with Crippen LogP contribution >= 0.6 is 0 Å². The molecule has 0 fully saturated rings. The van der Waals surface area contributed by atoms with Crippen LogP contribution < -0.4 is 0 Å². The van der Waals surface area contributed by atoms with Crippen LogP contribution in [0.2, 0.25) is 0 Å². The Kier molecular flexibility index (Phi) is 59.9. The van der Waals surface area contributed by atoms with Crippen molar-refractivity contribution in [3.05, 3.63) is 122 Å². The van der Waals surface area contributed by atoms with E-state index in [1.807, 2.05) is 6.08 Å². The summed E-state index contributed by atoms with van der Waals surface area (Å²) in [6.07, 6.45) is 88.0. The standard InChI is InChI=1S/C70H116O6/c1-4-7-10-13-16-19-22-25-28-30-31-32-33-34-35-36-37-38-39-40-43-45-48-51-54-57-60-63-69(72)75-66-67(65-74-68(71)62-59-56-53-50-47-44-41-27-24-21-18-15-12-9-6-3)76-70(73)64-61-58-55-52-49-46-42-29-26-23-20-17-14-11-8-5-2/h9,12,18,20-23,25,27,29-31,33-34,41-42,47,50,56,59,67H,4-8,10-11,13-17,19,24,26,28,32,35-40,43-46,48-49,51-55,57-58,60-66H2,1-3H3/b12-9-,21-18-,23-20-,25-22-,31-30-,34-33-,41-27-,42-29-,50-47-,59-56-. The first kappa shape index (κ1) is 71.8. The third-order valence-corrected chi connectivity index (χ3v) is 13.2. The van der Waals surface area contributed by atoms with Crippen LogP contribution in [-0.2, 0) is 28.6 Å². The normalized spacial score (nSPS) is 12.9. The number of hydrogen-bond acceptors (Lipinski definition) is 6. The number of ether oxygens (including phenoxy) is 3. The Morgan fingerprint density at radius 3 is 0.934 bits per heavy atom. The molecule has 0 spiro atoms. The zero-order valence-electron chi connectivity index (χ0n) is 49.5. The molecule has 76 heavy (non-hydrogen) atoms. The van der Waals surface area contributed by atoms with Gasteiger partial charge in [-0.1, -0.05) is 271 Å². The minimum Gasteiger partial charge on any atom is -0.462 e. The number of hydrogen-bond donors (Lipinski definition) is 0. The van der Waals surface area contributed by atoms with Gasteiger partial charge in [-0.2, -0.15) is 0 Å². The molecule has 1 unspecified atom stereocenters. The van der Waals surface area contributed by atoms with Crippen molar-refractivity contribution in [2.24, 2.45) is 0 Å². The molecule has 0 bridgehead atoms. The minimum absolute atomic E-state index is 0.117. The Morgan fingerprint density at radius 1 is 0.289 bits per heavy atom. The van der Waals surface area contributed by atoms with Crippen LogP contribution in [0.15, 0.2) is 122 Å². The maximum Gasteiger partial charge on any atom is 0.309 e. The van der Waals surface area contributed by atoms with Crippen molar-refractivity contribution < 1.29 is 28.6 Å². The maximum atomic E-state index is 12.9. The summed E-state index contributed by atoms with van der Waals surface area (Å²) < 4.78 is 16.8. The van der Waals surface area contributed by atoms with Crippen LogP contribution in [0.5, 0.6) is 0 Å². The summed E-state index contributed by atoms with van der Waals surface area (Å²) in [4.78, 5) is 38.2. The van der Waals surface area contributed by atoms with E-state index in [1.165, 1.54) is 135 Å². The van der Waals surface area contributed by atoms with Gasteiger partial charge in [0.2, 0.25) is 0 Å². The first-order valence-corrected chi connectivity index (χ1v) is 31.5. The largest absolute Gasteiger partial charge is 0.462 e. The van der Waals surface area contributed by atoms with E-state index >= 15 is 0 Å². The SMILES string of the molecule is CC/C=C\C/C=C\C/C=C\C/C=C\C/C=C\CC(=O)OCC(COC(=O)CCCCCCCCCCCCCC/C=C\C/C=C\C/C=C\CCCCCCC)OC(=O)CCCCCCC/C=C\C/C=C\CCCCCC. The lowest BCUT2D eigenvalue weighted by molar-refractivity contribution is -0.166. The van der Waals surface area contributed by atoms with Crippen molar-refractivity contribution in [2.75, 3.05) is 13.2 Å². The van der Waals surface area contributed by atoms with Crippen LogP contribution in [0, 0.1) is 0 Å². The minimum atomic E-state index is -0.830. The highest BCUT2D eigenvalue weighted by atomic mass is 16.6. The molecular formula is C70H116O6. The molecule has 0 aromatic rings. The third-order valence-electron chi connectivity index (χ3n) is 13.2. The summed E-state index contributed by atoms with van der Waals surface area (Å²) in [5.74, 6) is -1.06. The molecule has 0 N–H and O–H groups in total. The van der Waals surface area contributed by atoms with Crippen molar-refractivity contribution in [1.29, 1.82) is 0 Å². The zero-order chi connectivity index (χ0) is 55.0. The fraction of sp³-hybridized carbons (Fsp3) is 0.671. The molecule has 0 heterocycles. The van der Waals surface area contributed by atoms with Gasteiger partial charge in [0.15, 0.2) is 6.10 Å². The van der Waals surface area contributed by atoms with Gasteiger partial charge in [-0.05, 0) is 116 Å². The quantitative estimate of drug-likeness (QED) is 0.0261. The maximum absolute atomic E-state index is 12.9. The number of allylic oxidation sites excluding steroid dienone is 19. The van der Waals surface area contributed by atoms with E-state index in [0.29, 0.717) is 6.42 Å². The van der Waals surface area contributed by atoms with Crippen LogP contribution in [-0.4, -0.2) is 37.2 Å². The molecular weight excluding hydrogens is 937 g/mol. The monoisotopic (exact) mass is 1050 g/mol. The summed E-state index contributed by atoms with van der Waals surface area (Å²) in [6.45, 7) is 6.40. The van der Waals surface area contributed by atoms with Gasteiger partial charge in [-0.3, -0.25) is 14.4 Å².